The lowest BCUT2D eigenvalue weighted by molar-refractivity contribution is -0.146. The smallest absolute Gasteiger partial charge is 0.324 e. The van der Waals surface area contributed by atoms with Gasteiger partial charge >= 0.3 is 5.97 Å². The lowest BCUT2D eigenvalue weighted by atomic mass is 10.2. The first-order valence-corrected chi connectivity index (χ1v) is 10.6. The van der Waals surface area contributed by atoms with Gasteiger partial charge in [0.15, 0.2) is 11.5 Å². The van der Waals surface area contributed by atoms with Crippen LogP contribution in [0.15, 0.2) is 45.8 Å². The topological polar surface area (TPSA) is 90.9 Å². The van der Waals surface area contributed by atoms with Crippen LogP contribution in [-0.4, -0.2) is 34.6 Å². The minimum absolute atomic E-state index is 0.0592. The van der Waals surface area contributed by atoms with Gasteiger partial charge in [0.05, 0.1) is 19.1 Å². The number of esters is 1. The van der Waals surface area contributed by atoms with Crippen molar-refractivity contribution in [2.75, 3.05) is 14.2 Å². The monoisotopic (exact) mass is 471 g/mol. The van der Waals surface area contributed by atoms with Gasteiger partial charge in [-0.2, -0.15) is 4.72 Å². The molecule has 2 rings (SSSR count). The van der Waals surface area contributed by atoms with Crippen LogP contribution in [0.4, 0.5) is 0 Å². The highest BCUT2D eigenvalue weighted by molar-refractivity contribution is 9.10. The fraction of sp³-hybridized carbons (Fsp3) is 0.316. The molecule has 0 spiro atoms. The molecule has 0 saturated heterocycles. The molecule has 1 atom stereocenters. The third kappa shape index (κ3) is 5.46. The van der Waals surface area contributed by atoms with Crippen molar-refractivity contribution in [3.05, 3.63) is 52.0 Å². The number of ether oxygens (including phenoxy) is 3. The average Bonchev–Trinajstić information content (AvgIpc) is 2.66. The molecule has 0 aliphatic carbocycles. The summed E-state index contributed by atoms with van der Waals surface area (Å²) in [6.45, 7) is 3.23. The Morgan fingerprint density at radius 2 is 1.68 bits per heavy atom. The highest BCUT2D eigenvalue weighted by atomic mass is 79.9. The van der Waals surface area contributed by atoms with Crippen molar-refractivity contribution in [1.29, 1.82) is 0 Å². The quantitative estimate of drug-likeness (QED) is 0.594. The lowest BCUT2D eigenvalue weighted by Gasteiger charge is -2.15. The number of rotatable bonds is 8. The molecule has 0 bridgehead atoms. The van der Waals surface area contributed by atoms with Crippen LogP contribution in [0.1, 0.15) is 18.1 Å². The summed E-state index contributed by atoms with van der Waals surface area (Å²) in [5.74, 6) is 0.325. The summed E-state index contributed by atoms with van der Waals surface area (Å²) < 4.78 is 43.4. The van der Waals surface area contributed by atoms with Gasteiger partial charge < -0.3 is 14.2 Å². The Morgan fingerprint density at radius 3 is 2.25 bits per heavy atom. The van der Waals surface area contributed by atoms with Crippen molar-refractivity contribution in [1.82, 2.24) is 4.72 Å². The zero-order valence-corrected chi connectivity index (χ0v) is 18.4. The Balaban J connectivity index is 2.04. The second-order valence-electron chi connectivity index (χ2n) is 6.06. The molecule has 0 unspecified atom stereocenters. The molecule has 0 aromatic heterocycles. The summed E-state index contributed by atoms with van der Waals surface area (Å²) >= 11 is 3.39. The number of aryl methyl sites for hydroxylation is 1. The van der Waals surface area contributed by atoms with Crippen LogP contribution < -0.4 is 14.2 Å². The number of carbonyl (C=O) groups is 1. The van der Waals surface area contributed by atoms with E-state index < -0.39 is 22.0 Å². The van der Waals surface area contributed by atoms with Crippen molar-refractivity contribution in [3.63, 3.8) is 0 Å². The number of hydrogen-bond donors (Lipinski definition) is 1. The van der Waals surface area contributed by atoms with Gasteiger partial charge in [0.2, 0.25) is 10.0 Å². The van der Waals surface area contributed by atoms with E-state index in [2.05, 4.69) is 20.7 Å². The van der Waals surface area contributed by atoms with Crippen molar-refractivity contribution in [2.45, 2.75) is 31.4 Å². The van der Waals surface area contributed by atoms with Gasteiger partial charge in [0.1, 0.15) is 12.6 Å². The van der Waals surface area contributed by atoms with Gasteiger partial charge in [-0.05, 0) is 38.1 Å². The molecule has 2 aromatic rings. The first kappa shape index (κ1) is 22.2. The van der Waals surface area contributed by atoms with E-state index in [0.717, 1.165) is 5.56 Å². The first-order valence-electron chi connectivity index (χ1n) is 8.34. The third-order valence-electron chi connectivity index (χ3n) is 3.94. The SMILES string of the molecule is COc1cc(Br)c(COC(=O)[C@H](C)NS(=O)(=O)c2ccc(C)cc2)cc1OC. The highest BCUT2D eigenvalue weighted by Crippen LogP contribution is 2.33. The third-order valence-corrected chi connectivity index (χ3v) is 6.23. The maximum absolute atomic E-state index is 12.4. The fourth-order valence-corrected chi connectivity index (χ4v) is 3.98. The van der Waals surface area contributed by atoms with E-state index in [4.69, 9.17) is 14.2 Å². The normalized spacial score (nSPS) is 12.3. The van der Waals surface area contributed by atoms with Crippen LogP contribution in [0, 0.1) is 6.92 Å². The number of carbonyl (C=O) groups excluding carboxylic acids is 1. The molecule has 7 nitrogen and oxygen atoms in total. The lowest BCUT2D eigenvalue weighted by Crippen LogP contribution is -2.39. The Labute approximate surface area is 173 Å². The van der Waals surface area contributed by atoms with Crippen molar-refractivity contribution in [2.24, 2.45) is 0 Å². The number of benzene rings is 2. The van der Waals surface area contributed by atoms with E-state index in [1.165, 1.54) is 33.3 Å². The summed E-state index contributed by atoms with van der Waals surface area (Å²) in [6.07, 6.45) is 0. The minimum atomic E-state index is -3.83. The zero-order valence-electron chi connectivity index (χ0n) is 16.0. The second-order valence-corrected chi connectivity index (χ2v) is 8.63. The minimum Gasteiger partial charge on any atom is -0.493 e. The Kier molecular flexibility index (Phi) is 7.45. The van der Waals surface area contributed by atoms with Crippen molar-refractivity contribution < 1.29 is 27.4 Å². The van der Waals surface area contributed by atoms with E-state index in [1.807, 2.05) is 6.92 Å². The van der Waals surface area contributed by atoms with Crippen molar-refractivity contribution >= 4 is 31.9 Å². The Hall–Kier alpha value is -2.10. The molecule has 0 saturated carbocycles. The predicted molar refractivity (Wildman–Crippen MR) is 108 cm³/mol. The summed E-state index contributed by atoms with van der Waals surface area (Å²) in [5, 5.41) is 0. The van der Waals surface area contributed by atoms with Crippen LogP contribution in [-0.2, 0) is 26.2 Å². The number of hydrogen-bond acceptors (Lipinski definition) is 6. The van der Waals surface area contributed by atoms with Gasteiger partial charge in [-0.1, -0.05) is 33.6 Å². The molecule has 152 valence electrons. The van der Waals surface area contributed by atoms with E-state index in [0.29, 0.717) is 21.5 Å². The van der Waals surface area contributed by atoms with E-state index in [1.54, 1.807) is 24.3 Å². The van der Waals surface area contributed by atoms with E-state index in [9.17, 15) is 13.2 Å². The fourth-order valence-electron chi connectivity index (χ4n) is 2.35. The molecule has 2 aromatic carbocycles. The van der Waals surface area contributed by atoms with Crippen LogP contribution in [0.3, 0.4) is 0 Å². The second kappa shape index (κ2) is 9.40. The van der Waals surface area contributed by atoms with Crippen LogP contribution >= 0.6 is 15.9 Å². The molecule has 28 heavy (non-hydrogen) atoms. The molecule has 0 amide bonds. The van der Waals surface area contributed by atoms with Crippen LogP contribution in [0.25, 0.3) is 0 Å². The van der Waals surface area contributed by atoms with E-state index in [-0.39, 0.29) is 11.5 Å². The Bertz CT molecular complexity index is 944. The van der Waals surface area contributed by atoms with Gasteiger partial charge in [-0.3, -0.25) is 4.79 Å². The number of sulfonamides is 1. The molecule has 0 fully saturated rings. The first-order chi connectivity index (χ1) is 13.2. The van der Waals surface area contributed by atoms with Gasteiger partial charge in [-0.15, -0.1) is 0 Å². The predicted octanol–water partition coefficient (Wildman–Crippen LogP) is 3.18. The summed E-state index contributed by atoms with van der Waals surface area (Å²) in [4.78, 5) is 12.3. The van der Waals surface area contributed by atoms with Crippen molar-refractivity contribution in [3.8, 4) is 11.5 Å². The summed E-state index contributed by atoms with van der Waals surface area (Å²) in [6, 6.07) is 8.67. The van der Waals surface area contributed by atoms with E-state index >= 15 is 0 Å². The molecule has 0 heterocycles. The number of nitrogens with one attached hydrogen (secondary N) is 1. The highest BCUT2D eigenvalue weighted by Gasteiger charge is 2.23. The maximum Gasteiger partial charge on any atom is 0.324 e. The zero-order chi connectivity index (χ0) is 20.9. The molecule has 0 radical (unpaired) electrons. The largest absolute Gasteiger partial charge is 0.493 e. The molecular formula is C19H22BrNO6S. The Morgan fingerprint density at radius 1 is 1.11 bits per heavy atom. The summed E-state index contributed by atoms with van der Waals surface area (Å²) in [7, 11) is -0.806. The van der Waals surface area contributed by atoms with Crippen LogP contribution in [0.5, 0.6) is 11.5 Å². The standard InChI is InChI=1S/C19H22BrNO6S/c1-12-5-7-15(8-6-12)28(23,24)21-13(2)19(22)27-11-14-9-17(25-3)18(26-4)10-16(14)20/h5-10,13,21H,11H2,1-4H3/t13-/m0/s1. The van der Waals surface area contributed by atoms with Gasteiger partial charge in [0, 0.05) is 10.0 Å². The molecule has 9 heteroatoms. The average molecular weight is 472 g/mol. The molecular weight excluding hydrogens is 450 g/mol. The molecule has 0 aliphatic rings. The van der Waals surface area contributed by atoms with Gasteiger partial charge in [-0.25, -0.2) is 8.42 Å². The van der Waals surface area contributed by atoms with Crippen LogP contribution in [0.2, 0.25) is 0 Å². The number of methoxy groups -OCH3 is 2. The number of halogens is 1. The molecule has 0 aliphatic heterocycles. The molecule has 1 N–H and O–H groups in total. The maximum atomic E-state index is 12.4. The van der Waals surface area contributed by atoms with Gasteiger partial charge in [0.25, 0.3) is 0 Å². The summed E-state index contributed by atoms with van der Waals surface area (Å²) in [5.41, 5.74) is 1.59.